The zero-order valence-corrected chi connectivity index (χ0v) is 12.4. The van der Waals surface area contributed by atoms with E-state index in [1.807, 2.05) is 17.5 Å². The first-order chi connectivity index (χ1) is 8.72. The number of aromatic nitrogens is 1. The van der Waals surface area contributed by atoms with Gasteiger partial charge in [0, 0.05) is 43.6 Å². The number of hydrogen-bond acceptors (Lipinski definition) is 2. The van der Waals surface area contributed by atoms with Crippen LogP contribution in [0.1, 0.15) is 9.75 Å². The number of halogens is 1. The summed E-state index contributed by atoms with van der Waals surface area (Å²) in [5, 5.41) is 4.70. The lowest BCUT2D eigenvalue weighted by Gasteiger charge is -2.04. The van der Waals surface area contributed by atoms with E-state index in [4.69, 9.17) is 0 Å². The first-order valence-corrected chi connectivity index (χ1v) is 7.39. The molecule has 3 aromatic rings. The molecule has 0 amide bonds. The summed E-state index contributed by atoms with van der Waals surface area (Å²) < 4.78 is 1.20. The maximum Gasteiger partial charge on any atom is 0.0494 e. The van der Waals surface area contributed by atoms with Crippen molar-refractivity contribution in [2.75, 3.05) is 5.32 Å². The third kappa shape index (κ3) is 2.31. The van der Waals surface area contributed by atoms with Gasteiger partial charge in [0.05, 0.1) is 0 Å². The quantitative estimate of drug-likeness (QED) is 0.704. The molecule has 1 aromatic carbocycles. The number of hydrogen-bond donors (Lipinski definition) is 2. The predicted octanol–water partition coefficient (Wildman–Crippen LogP) is 4.91. The molecule has 0 bridgehead atoms. The third-order valence-electron chi connectivity index (χ3n) is 2.93. The van der Waals surface area contributed by atoms with Crippen LogP contribution < -0.4 is 5.32 Å². The molecular weight excluding hydrogens is 308 g/mol. The second kappa shape index (κ2) is 4.78. The van der Waals surface area contributed by atoms with E-state index >= 15 is 0 Å². The zero-order chi connectivity index (χ0) is 12.5. The van der Waals surface area contributed by atoms with E-state index in [-0.39, 0.29) is 0 Å². The molecule has 2 nitrogen and oxygen atoms in total. The highest BCUT2D eigenvalue weighted by molar-refractivity contribution is 9.10. The number of nitrogens with one attached hydrogen (secondary N) is 2. The number of aryl methyl sites for hydroxylation is 1. The van der Waals surface area contributed by atoms with Gasteiger partial charge in [0.25, 0.3) is 0 Å². The molecule has 0 aliphatic rings. The van der Waals surface area contributed by atoms with Gasteiger partial charge in [0.1, 0.15) is 0 Å². The minimum absolute atomic E-state index is 0.868. The molecule has 4 heteroatoms. The molecule has 0 atom stereocenters. The van der Waals surface area contributed by atoms with Gasteiger partial charge in [-0.15, -0.1) is 11.3 Å². The first-order valence-electron chi connectivity index (χ1n) is 5.78. The number of benzene rings is 1. The van der Waals surface area contributed by atoms with E-state index in [2.05, 4.69) is 63.5 Å². The summed E-state index contributed by atoms with van der Waals surface area (Å²) in [6, 6.07) is 10.6. The molecule has 0 saturated carbocycles. The summed E-state index contributed by atoms with van der Waals surface area (Å²) >= 11 is 5.37. The second-order valence-electron chi connectivity index (χ2n) is 4.25. The summed E-state index contributed by atoms with van der Waals surface area (Å²) in [5.41, 5.74) is 2.33. The van der Waals surface area contributed by atoms with Gasteiger partial charge in [-0.3, -0.25) is 0 Å². The topological polar surface area (TPSA) is 27.8 Å². The molecule has 0 radical (unpaired) electrons. The fraction of sp³-hybridized carbons (Fsp3) is 0.143. The van der Waals surface area contributed by atoms with Crippen molar-refractivity contribution < 1.29 is 0 Å². The molecule has 3 rings (SSSR count). The summed E-state index contributed by atoms with van der Waals surface area (Å²) in [5.74, 6) is 0. The van der Waals surface area contributed by atoms with Crippen molar-refractivity contribution in [3.8, 4) is 0 Å². The zero-order valence-electron chi connectivity index (χ0n) is 9.96. The van der Waals surface area contributed by atoms with Crippen molar-refractivity contribution in [1.29, 1.82) is 0 Å². The van der Waals surface area contributed by atoms with E-state index < -0.39 is 0 Å². The van der Waals surface area contributed by atoms with Gasteiger partial charge in [-0.05, 0) is 53.2 Å². The number of thiophene rings is 1. The smallest absolute Gasteiger partial charge is 0.0494 e. The second-order valence-corrected chi connectivity index (χ2v) is 6.45. The summed E-state index contributed by atoms with van der Waals surface area (Å²) in [4.78, 5) is 5.87. The Morgan fingerprint density at radius 3 is 2.94 bits per heavy atom. The predicted molar refractivity (Wildman–Crippen MR) is 82.4 cm³/mol. The van der Waals surface area contributed by atoms with Crippen molar-refractivity contribution in [3.05, 3.63) is 50.8 Å². The maximum absolute atomic E-state index is 3.55. The van der Waals surface area contributed by atoms with Crippen molar-refractivity contribution in [2.45, 2.75) is 13.5 Å². The lowest BCUT2D eigenvalue weighted by molar-refractivity contribution is 1.19. The van der Waals surface area contributed by atoms with Gasteiger partial charge in [0.15, 0.2) is 0 Å². The van der Waals surface area contributed by atoms with Crippen LogP contribution >= 0.6 is 27.3 Å². The Labute approximate surface area is 118 Å². The van der Waals surface area contributed by atoms with Crippen LogP contribution in [0.3, 0.4) is 0 Å². The van der Waals surface area contributed by atoms with Crippen LogP contribution in [-0.2, 0) is 6.54 Å². The first kappa shape index (κ1) is 11.8. The number of H-pyrrole nitrogens is 1. The summed E-state index contributed by atoms with van der Waals surface area (Å²) in [7, 11) is 0. The monoisotopic (exact) mass is 320 g/mol. The Kier molecular flexibility index (Phi) is 3.14. The van der Waals surface area contributed by atoms with Crippen LogP contribution in [-0.4, -0.2) is 4.98 Å². The number of fused-ring (bicyclic) bond motifs is 1. The number of aromatic amines is 1. The van der Waals surface area contributed by atoms with Crippen LogP contribution in [0, 0.1) is 6.92 Å². The lowest BCUT2D eigenvalue weighted by Crippen LogP contribution is -1.96. The SMILES string of the molecule is Cc1sc(CNc2ccc3[nH]ccc3c2)cc1Br. The molecular formula is C14H13BrN2S. The normalized spacial score (nSPS) is 11.0. The van der Waals surface area contributed by atoms with Crippen LogP contribution in [0.15, 0.2) is 41.0 Å². The van der Waals surface area contributed by atoms with Gasteiger partial charge in [0.2, 0.25) is 0 Å². The van der Waals surface area contributed by atoms with Crippen LogP contribution in [0.5, 0.6) is 0 Å². The highest BCUT2D eigenvalue weighted by Crippen LogP contribution is 2.27. The van der Waals surface area contributed by atoms with E-state index in [1.165, 1.54) is 25.1 Å². The number of anilines is 1. The average Bonchev–Trinajstić information content (AvgIpc) is 2.94. The van der Waals surface area contributed by atoms with Gasteiger partial charge < -0.3 is 10.3 Å². The van der Waals surface area contributed by atoms with Crippen molar-refractivity contribution in [3.63, 3.8) is 0 Å². The van der Waals surface area contributed by atoms with Gasteiger partial charge in [-0.1, -0.05) is 0 Å². The molecule has 0 aliphatic heterocycles. The molecule has 0 saturated heterocycles. The standard InChI is InChI=1S/C14H13BrN2S/c1-9-13(15)7-12(18-9)8-17-11-2-3-14-10(6-11)4-5-16-14/h2-7,16-17H,8H2,1H3. The Morgan fingerprint density at radius 1 is 1.28 bits per heavy atom. The van der Waals surface area contributed by atoms with E-state index in [0.29, 0.717) is 0 Å². The molecule has 0 spiro atoms. The largest absolute Gasteiger partial charge is 0.380 e. The highest BCUT2D eigenvalue weighted by Gasteiger charge is 2.03. The van der Waals surface area contributed by atoms with Crippen molar-refractivity contribution >= 4 is 43.9 Å². The fourth-order valence-corrected chi connectivity index (χ4v) is 3.50. The molecule has 2 aromatic heterocycles. The van der Waals surface area contributed by atoms with Gasteiger partial charge in [-0.2, -0.15) is 0 Å². The maximum atomic E-state index is 3.55. The van der Waals surface area contributed by atoms with E-state index in [0.717, 1.165) is 12.2 Å². The van der Waals surface area contributed by atoms with Crippen LogP contribution in [0.2, 0.25) is 0 Å². The molecule has 2 heterocycles. The van der Waals surface area contributed by atoms with Crippen molar-refractivity contribution in [2.24, 2.45) is 0 Å². The molecule has 18 heavy (non-hydrogen) atoms. The van der Waals surface area contributed by atoms with E-state index in [9.17, 15) is 0 Å². The summed E-state index contributed by atoms with van der Waals surface area (Å²) in [6.45, 7) is 3.00. The summed E-state index contributed by atoms with van der Waals surface area (Å²) in [6.07, 6.45) is 1.97. The van der Waals surface area contributed by atoms with Crippen molar-refractivity contribution in [1.82, 2.24) is 4.98 Å². The average molecular weight is 321 g/mol. The minimum atomic E-state index is 0.868. The molecule has 2 N–H and O–H groups in total. The Balaban J connectivity index is 1.76. The Morgan fingerprint density at radius 2 is 2.17 bits per heavy atom. The Bertz CT molecular complexity index is 664. The molecule has 0 fully saturated rings. The number of rotatable bonds is 3. The van der Waals surface area contributed by atoms with Gasteiger partial charge in [-0.25, -0.2) is 0 Å². The van der Waals surface area contributed by atoms with Crippen LogP contribution in [0.4, 0.5) is 5.69 Å². The lowest BCUT2D eigenvalue weighted by atomic mass is 10.2. The van der Waals surface area contributed by atoms with Crippen LogP contribution in [0.25, 0.3) is 10.9 Å². The fourth-order valence-electron chi connectivity index (χ4n) is 1.96. The minimum Gasteiger partial charge on any atom is -0.380 e. The third-order valence-corrected chi connectivity index (χ3v) is 5.06. The Hall–Kier alpha value is -1.26. The van der Waals surface area contributed by atoms with Gasteiger partial charge >= 0.3 is 0 Å². The molecule has 0 aliphatic carbocycles. The molecule has 0 unspecified atom stereocenters. The van der Waals surface area contributed by atoms with E-state index in [1.54, 1.807) is 0 Å². The molecule has 92 valence electrons. The highest BCUT2D eigenvalue weighted by atomic mass is 79.9.